The van der Waals surface area contributed by atoms with Gasteiger partial charge in [0.15, 0.2) is 0 Å². The molecular formula is C14H23NO2S. The molecule has 1 aliphatic carbocycles. The zero-order valence-corrected chi connectivity index (χ0v) is 12.3. The molecule has 0 spiro atoms. The standard InChI is InChI=1S/C14H23NO2S/c1-9-4-6-14(17,7-5-9)12(16)8-13-15-10(2)11(3)18-13/h9,12,16-17H,4-8H2,1-3H3. The van der Waals surface area contributed by atoms with Crippen LogP contribution < -0.4 is 0 Å². The summed E-state index contributed by atoms with van der Waals surface area (Å²) in [4.78, 5) is 5.63. The highest BCUT2D eigenvalue weighted by Gasteiger charge is 2.38. The van der Waals surface area contributed by atoms with Crippen molar-refractivity contribution in [2.24, 2.45) is 5.92 Å². The molecule has 1 unspecified atom stereocenters. The van der Waals surface area contributed by atoms with Crippen LogP contribution in [-0.4, -0.2) is 26.9 Å². The summed E-state index contributed by atoms with van der Waals surface area (Å²) in [6.45, 7) is 6.23. The minimum Gasteiger partial charge on any atom is -0.390 e. The molecule has 1 saturated carbocycles. The van der Waals surface area contributed by atoms with Gasteiger partial charge in [0.05, 0.1) is 22.4 Å². The summed E-state index contributed by atoms with van der Waals surface area (Å²) in [7, 11) is 0. The summed E-state index contributed by atoms with van der Waals surface area (Å²) < 4.78 is 0. The van der Waals surface area contributed by atoms with Gasteiger partial charge in [0.2, 0.25) is 0 Å². The first-order valence-electron chi connectivity index (χ1n) is 6.74. The Kier molecular flexibility index (Phi) is 4.09. The van der Waals surface area contributed by atoms with Gasteiger partial charge in [0, 0.05) is 11.3 Å². The number of aliphatic hydroxyl groups is 2. The summed E-state index contributed by atoms with van der Waals surface area (Å²) in [5.74, 6) is 0.668. The van der Waals surface area contributed by atoms with Crippen LogP contribution in [-0.2, 0) is 6.42 Å². The van der Waals surface area contributed by atoms with E-state index < -0.39 is 11.7 Å². The summed E-state index contributed by atoms with van der Waals surface area (Å²) in [6, 6.07) is 0. The molecule has 2 rings (SSSR count). The van der Waals surface area contributed by atoms with Crippen molar-refractivity contribution in [1.29, 1.82) is 0 Å². The van der Waals surface area contributed by atoms with Crippen molar-refractivity contribution in [3.05, 3.63) is 15.6 Å². The molecule has 0 aliphatic heterocycles. The summed E-state index contributed by atoms with van der Waals surface area (Å²) in [6.07, 6.45) is 3.21. The minimum atomic E-state index is -0.903. The Hall–Kier alpha value is -0.450. The summed E-state index contributed by atoms with van der Waals surface area (Å²) in [5, 5.41) is 21.7. The third-order valence-corrected chi connectivity index (χ3v) is 5.30. The van der Waals surface area contributed by atoms with Crippen LogP contribution in [0.15, 0.2) is 0 Å². The van der Waals surface area contributed by atoms with E-state index in [1.54, 1.807) is 11.3 Å². The molecule has 0 radical (unpaired) electrons. The quantitative estimate of drug-likeness (QED) is 0.887. The molecule has 1 aromatic rings. The van der Waals surface area contributed by atoms with Crippen molar-refractivity contribution in [3.63, 3.8) is 0 Å². The number of thiazole rings is 1. The van der Waals surface area contributed by atoms with Crippen LogP contribution in [0, 0.1) is 19.8 Å². The van der Waals surface area contributed by atoms with E-state index >= 15 is 0 Å². The van der Waals surface area contributed by atoms with Crippen molar-refractivity contribution in [2.45, 2.75) is 64.6 Å². The first-order chi connectivity index (χ1) is 8.40. The van der Waals surface area contributed by atoms with Crippen molar-refractivity contribution in [2.75, 3.05) is 0 Å². The largest absolute Gasteiger partial charge is 0.390 e. The lowest BCUT2D eigenvalue weighted by molar-refractivity contribution is -0.102. The van der Waals surface area contributed by atoms with Crippen LogP contribution >= 0.6 is 11.3 Å². The van der Waals surface area contributed by atoms with Gasteiger partial charge < -0.3 is 10.2 Å². The molecule has 1 fully saturated rings. The Morgan fingerprint density at radius 1 is 1.39 bits per heavy atom. The van der Waals surface area contributed by atoms with Crippen molar-refractivity contribution in [3.8, 4) is 0 Å². The van der Waals surface area contributed by atoms with Gasteiger partial charge in [0.25, 0.3) is 0 Å². The van der Waals surface area contributed by atoms with Crippen molar-refractivity contribution >= 4 is 11.3 Å². The number of hydrogen-bond acceptors (Lipinski definition) is 4. The average molecular weight is 269 g/mol. The molecule has 3 nitrogen and oxygen atoms in total. The smallest absolute Gasteiger partial charge is 0.0957 e. The van der Waals surface area contributed by atoms with E-state index in [1.165, 1.54) is 4.88 Å². The predicted molar refractivity (Wildman–Crippen MR) is 73.9 cm³/mol. The Balaban J connectivity index is 2.00. The van der Waals surface area contributed by atoms with Crippen LogP contribution in [0.5, 0.6) is 0 Å². The average Bonchev–Trinajstić information content (AvgIpc) is 2.62. The Morgan fingerprint density at radius 2 is 2.00 bits per heavy atom. The zero-order valence-electron chi connectivity index (χ0n) is 11.4. The molecule has 1 aliphatic rings. The van der Waals surface area contributed by atoms with Gasteiger partial charge in [-0.3, -0.25) is 0 Å². The van der Waals surface area contributed by atoms with Gasteiger partial charge in [-0.05, 0) is 45.4 Å². The van der Waals surface area contributed by atoms with Gasteiger partial charge in [-0.25, -0.2) is 4.98 Å². The van der Waals surface area contributed by atoms with E-state index in [2.05, 4.69) is 11.9 Å². The molecule has 2 N–H and O–H groups in total. The van der Waals surface area contributed by atoms with E-state index in [9.17, 15) is 10.2 Å². The van der Waals surface area contributed by atoms with Gasteiger partial charge >= 0.3 is 0 Å². The maximum absolute atomic E-state index is 10.5. The summed E-state index contributed by atoms with van der Waals surface area (Å²) >= 11 is 1.62. The monoisotopic (exact) mass is 269 g/mol. The van der Waals surface area contributed by atoms with Gasteiger partial charge in [-0.1, -0.05) is 6.92 Å². The lowest BCUT2D eigenvalue weighted by atomic mass is 9.76. The second-order valence-electron chi connectivity index (χ2n) is 5.76. The van der Waals surface area contributed by atoms with E-state index in [-0.39, 0.29) is 0 Å². The number of rotatable bonds is 3. The molecule has 1 atom stereocenters. The minimum absolute atomic E-state index is 0.476. The van der Waals surface area contributed by atoms with Gasteiger partial charge in [-0.15, -0.1) is 11.3 Å². The second kappa shape index (κ2) is 5.27. The fourth-order valence-corrected chi connectivity index (χ4v) is 3.55. The van der Waals surface area contributed by atoms with Crippen LogP contribution in [0.25, 0.3) is 0 Å². The maximum Gasteiger partial charge on any atom is 0.0957 e. The van der Waals surface area contributed by atoms with Crippen LogP contribution in [0.2, 0.25) is 0 Å². The SMILES string of the molecule is Cc1nc(CC(O)C2(O)CCC(C)CC2)sc1C. The molecule has 0 aromatic carbocycles. The van der Waals surface area contributed by atoms with Crippen molar-refractivity contribution in [1.82, 2.24) is 4.98 Å². The number of hydrogen-bond donors (Lipinski definition) is 2. The molecule has 0 amide bonds. The first kappa shape index (κ1) is 14.0. The topological polar surface area (TPSA) is 53.4 Å². The first-order valence-corrected chi connectivity index (χ1v) is 7.56. The third kappa shape index (κ3) is 2.92. The molecule has 18 heavy (non-hydrogen) atoms. The molecule has 0 bridgehead atoms. The number of aryl methyl sites for hydroxylation is 2. The molecule has 1 heterocycles. The van der Waals surface area contributed by atoms with Crippen molar-refractivity contribution < 1.29 is 10.2 Å². The van der Waals surface area contributed by atoms with E-state index in [1.807, 2.05) is 13.8 Å². The van der Waals surface area contributed by atoms with Crippen LogP contribution in [0.3, 0.4) is 0 Å². The molecule has 4 heteroatoms. The number of nitrogens with zero attached hydrogens (tertiary/aromatic N) is 1. The third-order valence-electron chi connectivity index (χ3n) is 4.20. The highest BCUT2D eigenvalue weighted by molar-refractivity contribution is 7.11. The highest BCUT2D eigenvalue weighted by atomic mass is 32.1. The van der Waals surface area contributed by atoms with Crippen LogP contribution in [0.4, 0.5) is 0 Å². The van der Waals surface area contributed by atoms with E-state index in [0.29, 0.717) is 25.2 Å². The molecule has 1 aromatic heterocycles. The fraction of sp³-hybridized carbons (Fsp3) is 0.786. The Bertz CT molecular complexity index is 388. The highest BCUT2D eigenvalue weighted by Crippen LogP contribution is 2.35. The number of aromatic nitrogens is 1. The zero-order chi connectivity index (χ0) is 13.3. The van der Waals surface area contributed by atoms with Crippen LogP contribution in [0.1, 0.15) is 48.2 Å². The molecule has 102 valence electrons. The molecule has 0 saturated heterocycles. The Labute approximate surface area is 113 Å². The lowest BCUT2D eigenvalue weighted by Gasteiger charge is -2.38. The van der Waals surface area contributed by atoms with Gasteiger partial charge in [-0.2, -0.15) is 0 Å². The van der Waals surface area contributed by atoms with Gasteiger partial charge in [0.1, 0.15) is 0 Å². The fourth-order valence-electron chi connectivity index (χ4n) is 2.58. The Morgan fingerprint density at radius 3 is 2.50 bits per heavy atom. The maximum atomic E-state index is 10.5. The summed E-state index contributed by atoms with van der Waals surface area (Å²) in [5.41, 5.74) is 0.131. The number of aliphatic hydroxyl groups excluding tert-OH is 1. The van der Waals surface area contributed by atoms with E-state index in [0.717, 1.165) is 23.5 Å². The molecular weight excluding hydrogens is 246 g/mol. The predicted octanol–water partition coefficient (Wildman–Crippen LogP) is 2.60. The van der Waals surface area contributed by atoms with E-state index in [4.69, 9.17) is 0 Å². The lowest BCUT2D eigenvalue weighted by Crippen LogP contribution is -2.46. The second-order valence-corrected chi connectivity index (χ2v) is 7.04. The normalized spacial score (nSPS) is 30.4.